The Bertz CT molecular complexity index is 633. The number of nitriles is 1. The Hall–Kier alpha value is -3.21. The van der Waals surface area contributed by atoms with Gasteiger partial charge < -0.3 is 14.8 Å². The number of methoxy groups -OCH3 is 2. The first kappa shape index (κ1) is 16.8. The summed E-state index contributed by atoms with van der Waals surface area (Å²) in [4.78, 5) is 30.2. The quantitative estimate of drug-likeness (QED) is 0.378. The molecule has 8 nitrogen and oxygen atoms in total. The zero-order valence-corrected chi connectivity index (χ0v) is 12.2. The number of nitrogens with zero attached hydrogens (tertiary/aromatic N) is 1. The zero-order valence-electron chi connectivity index (χ0n) is 12.2. The van der Waals surface area contributed by atoms with Crippen LogP contribution in [0.3, 0.4) is 0 Å². The second kappa shape index (κ2) is 8.16. The number of benzene rings is 1. The van der Waals surface area contributed by atoms with E-state index in [-0.39, 0.29) is 5.57 Å². The van der Waals surface area contributed by atoms with Crippen LogP contribution in [0.5, 0.6) is 11.5 Å². The number of hydrogen-bond donors (Lipinski definition) is 1. The predicted octanol–water partition coefficient (Wildman–Crippen LogP) is 1.54. The molecule has 0 atom stereocenters. The highest BCUT2D eigenvalue weighted by Gasteiger charge is 2.13. The molecule has 0 heterocycles. The van der Waals surface area contributed by atoms with E-state index in [0.29, 0.717) is 17.2 Å². The molecule has 0 aliphatic carbocycles. The summed E-state index contributed by atoms with van der Waals surface area (Å²) in [6.45, 7) is 1.06. The Balaban J connectivity index is 2.82. The fraction of sp³-hybridized carbons (Fsp3) is 0.214. The van der Waals surface area contributed by atoms with Gasteiger partial charge in [0.05, 0.1) is 14.2 Å². The van der Waals surface area contributed by atoms with E-state index in [1.807, 2.05) is 0 Å². The molecule has 22 heavy (non-hydrogen) atoms. The minimum Gasteiger partial charge on any atom is -0.493 e. The van der Waals surface area contributed by atoms with Crippen molar-refractivity contribution in [1.29, 1.82) is 5.26 Å². The lowest BCUT2D eigenvalue weighted by Gasteiger charge is -2.09. The van der Waals surface area contributed by atoms with Gasteiger partial charge in [-0.2, -0.15) is 5.26 Å². The van der Waals surface area contributed by atoms with Gasteiger partial charge in [-0.25, -0.2) is 19.4 Å². The summed E-state index contributed by atoms with van der Waals surface area (Å²) >= 11 is 0. The molecule has 8 heteroatoms. The lowest BCUT2D eigenvalue weighted by molar-refractivity contribution is -0.253. The summed E-state index contributed by atoms with van der Waals surface area (Å²) < 4.78 is 10.2. The molecular weight excluding hydrogens is 292 g/mol. The summed E-state index contributed by atoms with van der Waals surface area (Å²) in [6, 6.07) is 6.54. The van der Waals surface area contributed by atoms with E-state index in [1.54, 1.807) is 24.3 Å². The molecule has 0 aliphatic rings. The van der Waals surface area contributed by atoms with Crippen LogP contribution in [-0.4, -0.2) is 26.2 Å². The Labute approximate surface area is 126 Å². The van der Waals surface area contributed by atoms with Crippen molar-refractivity contribution in [1.82, 2.24) is 0 Å². The summed E-state index contributed by atoms with van der Waals surface area (Å²) in [7, 11) is 2.98. The van der Waals surface area contributed by atoms with Gasteiger partial charge in [0.2, 0.25) is 0 Å². The number of carbonyl (C=O) groups excluding carboxylic acids is 2. The minimum atomic E-state index is -1.09. The van der Waals surface area contributed by atoms with Crippen molar-refractivity contribution in [2.75, 3.05) is 19.5 Å². The maximum Gasteiger partial charge on any atom is 0.398 e. The van der Waals surface area contributed by atoms with E-state index in [9.17, 15) is 9.59 Å². The number of anilines is 1. The topological polar surface area (TPSA) is 107 Å². The zero-order chi connectivity index (χ0) is 16.5. The number of nitrogens with one attached hydrogen (secondary N) is 1. The van der Waals surface area contributed by atoms with Gasteiger partial charge in [0.15, 0.2) is 17.1 Å². The second-order valence-corrected chi connectivity index (χ2v) is 3.83. The van der Waals surface area contributed by atoms with Crippen LogP contribution in [0.2, 0.25) is 0 Å². The van der Waals surface area contributed by atoms with Crippen LogP contribution < -0.4 is 14.8 Å². The van der Waals surface area contributed by atoms with Gasteiger partial charge in [0.25, 0.3) is 0 Å². The monoisotopic (exact) mass is 306 g/mol. The highest BCUT2D eigenvalue weighted by atomic mass is 17.2. The fourth-order valence-electron chi connectivity index (χ4n) is 1.36. The third-order valence-electron chi connectivity index (χ3n) is 2.34. The first-order chi connectivity index (χ1) is 10.5. The van der Waals surface area contributed by atoms with Crippen LogP contribution in [0.25, 0.3) is 0 Å². The lowest BCUT2D eigenvalue weighted by Crippen LogP contribution is -2.11. The van der Waals surface area contributed by atoms with Crippen LogP contribution in [0.1, 0.15) is 6.92 Å². The summed E-state index contributed by atoms with van der Waals surface area (Å²) in [5.74, 6) is -0.891. The summed E-state index contributed by atoms with van der Waals surface area (Å²) in [5, 5.41) is 11.6. The SMILES string of the molecule is COc1ccc(N/C=C(\C#N)C(=O)OOC(C)=O)cc1OC. The van der Waals surface area contributed by atoms with Crippen LogP contribution in [0.4, 0.5) is 5.69 Å². The van der Waals surface area contributed by atoms with Crippen LogP contribution in [0, 0.1) is 11.3 Å². The number of hydrogen-bond acceptors (Lipinski definition) is 8. The van der Waals surface area contributed by atoms with Gasteiger partial charge in [-0.3, -0.25) is 0 Å². The molecule has 1 rings (SSSR count). The molecule has 0 amide bonds. The van der Waals surface area contributed by atoms with Crippen molar-refractivity contribution in [2.45, 2.75) is 6.92 Å². The second-order valence-electron chi connectivity index (χ2n) is 3.83. The average Bonchev–Trinajstić information content (AvgIpc) is 2.53. The van der Waals surface area contributed by atoms with E-state index >= 15 is 0 Å². The maximum absolute atomic E-state index is 11.4. The Kier molecular flexibility index (Phi) is 6.25. The summed E-state index contributed by atoms with van der Waals surface area (Å²) in [5.41, 5.74) is 0.168. The molecule has 1 N–H and O–H groups in total. The number of rotatable bonds is 5. The number of carbonyl (C=O) groups is 2. The molecule has 0 spiro atoms. The van der Waals surface area contributed by atoms with E-state index in [4.69, 9.17) is 14.7 Å². The van der Waals surface area contributed by atoms with Crippen molar-refractivity contribution < 1.29 is 28.8 Å². The highest BCUT2D eigenvalue weighted by molar-refractivity contribution is 5.93. The third kappa shape index (κ3) is 4.72. The molecule has 0 saturated heterocycles. The smallest absolute Gasteiger partial charge is 0.398 e. The molecule has 0 fully saturated rings. The molecule has 116 valence electrons. The molecule has 0 bridgehead atoms. The Morgan fingerprint density at radius 1 is 1.18 bits per heavy atom. The van der Waals surface area contributed by atoms with E-state index in [0.717, 1.165) is 13.1 Å². The molecule has 0 radical (unpaired) electrons. The largest absolute Gasteiger partial charge is 0.493 e. The van der Waals surface area contributed by atoms with Crippen molar-refractivity contribution in [3.8, 4) is 17.6 Å². The fourth-order valence-corrected chi connectivity index (χ4v) is 1.36. The van der Waals surface area contributed by atoms with Crippen LogP contribution in [-0.2, 0) is 19.4 Å². The normalized spacial score (nSPS) is 10.2. The van der Waals surface area contributed by atoms with Gasteiger partial charge in [0, 0.05) is 24.9 Å². The van der Waals surface area contributed by atoms with Gasteiger partial charge in [-0.1, -0.05) is 0 Å². The lowest BCUT2D eigenvalue weighted by atomic mass is 10.2. The highest BCUT2D eigenvalue weighted by Crippen LogP contribution is 2.29. The summed E-state index contributed by atoms with van der Waals surface area (Å²) in [6.07, 6.45) is 1.12. The molecule has 0 saturated carbocycles. The standard InChI is InChI=1S/C14H14N2O6/c1-9(17)21-22-14(18)10(7-15)8-16-11-4-5-12(19-2)13(6-11)20-3/h4-6,8,16H,1-3H3/b10-8+. The van der Waals surface area contributed by atoms with Crippen LogP contribution in [0.15, 0.2) is 30.0 Å². The molecule has 1 aromatic rings. The van der Waals surface area contributed by atoms with E-state index < -0.39 is 11.9 Å². The van der Waals surface area contributed by atoms with Crippen LogP contribution >= 0.6 is 0 Å². The maximum atomic E-state index is 11.4. The minimum absolute atomic E-state index is 0.379. The van der Waals surface area contributed by atoms with E-state index in [1.165, 1.54) is 14.2 Å². The van der Waals surface area contributed by atoms with Gasteiger partial charge in [-0.05, 0) is 12.1 Å². The third-order valence-corrected chi connectivity index (χ3v) is 2.34. The molecule has 0 aliphatic heterocycles. The Morgan fingerprint density at radius 2 is 1.86 bits per heavy atom. The van der Waals surface area contributed by atoms with Crippen molar-refractivity contribution >= 4 is 17.6 Å². The first-order valence-electron chi connectivity index (χ1n) is 6.00. The van der Waals surface area contributed by atoms with Crippen molar-refractivity contribution in [3.05, 3.63) is 30.0 Å². The molecular formula is C14H14N2O6. The van der Waals surface area contributed by atoms with Gasteiger partial charge in [-0.15, -0.1) is 0 Å². The van der Waals surface area contributed by atoms with Crippen molar-refractivity contribution in [3.63, 3.8) is 0 Å². The first-order valence-corrected chi connectivity index (χ1v) is 6.00. The van der Waals surface area contributed by atoms with E-state index in [2.05, 4.69) is 15.1 Å². The number of ether oxygens (including phenoxy) is 2. The molecule has 0 unspecified atom stereocenters. The van der Waals surface area contributed by atoms with Gasteiger partial charge in [0.1, 0.15) is 6.07 Å². The molecule has 0 aromatic heterocycles. The van der Waals surface area contributed by atoms with Gasteiger partial charge >= 0.3 is 11.9 Å². The predicted molar refractivity (Wildman–Crippen MR) is 74.7 cm³/mol. The average molecular weight is 306 g/mol. The van der Waals surface area contributed by atoms with Crippen molar-refractivity contribution in [2.24, 2.45) is 0 Å². The Morgan fingerprint density at radius 3 is 2.41 bits per heavy atom. The molecule has 1 aromatic carbocycles.